The Morgan fingerprint density at radius 1 is 1.40 bits per heavy atom. The highest BCUT2D eigenvalue weighted by Gasteiger charge is 2.11. The molecule has 15 heavy (non-hydrogen) atoms. The molecule has 0 fully saturated rings. The first-order valence-corrected chi connectivity index (χ1v) is 6.56. The first-order valence-electron chi connectivity index (χ1n) is 4.12. The van der Waals surface area contributed by atoms with E-state index in [9.17, 15) is 8.42 Å². The normalized spacial score (nSPS) is 12.1. The minimum absolute atomic E-state index is 0.144. The molecule has 0 saturated carbocycles. The van der Waals surface area contributed by atoms with Crippen LogP contribution >= 0.6 is 11.6 Å². The van der Waals surface area contributed by atoms with Crippen LogP contribution in [0.3, 0.4) is 0 Å². The van der Waals surface area contributed by atoms with Crippen molar-refractivity contribution in [2.24, 2.45) is 0 Å². The van der Waals surface area contributed by atoms with Crippen molar-refractivity contribution in [2.75, 3.05) is 6.26 Å². The molecule has 0 unspecified atom stereocenters. The maximum absolute atomic E-state index is 11.1. The maximum Gasteiger partial charge on any atom is 0.160 e. The predicted octanol–water partition coefficient (Wildman–Crippen LogP) is 0.927. The molecule has 5 nitrogen and oxygen atoms in total. The number of sulfone groups is 1. The molecular formula is C8H8ClN3O2S. The summed E-state index contributed by atoms with van der Waals surface area (Å²) in [6.45, 7) is 0. The first-order chi connectivity index (χ1) is 6.96. The van der Waals surface area contributed by atoms with Gasteiger partial charge in [-0.3, -0.25) is 4.40 Å². The van der Waals surface area contributed by atoms with E-state index in [1.54, 1.807) is 22.7 Å². The van der Waals surface area contributed by atoms with Gasteiger partial charge in [0.25, 0.3) is 0 Å². The quantitative estimate of drug-likeness (QED) is 0.790. The molecule has 2 aromatic heterocycles. The minimum Gasteiger partial charge on any atom is -0.284 e. The van der Waals surface area contributed by atoms with Crippen molar-refractivity contribution in [2.45, 2.75) is 5.75 Å². The van der Waals surface area contributed by atoms with E-state index in [-0.39, 0.29) is 5.75 Å². The van der Waals surface area contributed by atoms with Crippen LogP contribution in [0.5, 0.6) is 0 Å². The molecule has 0 radical (unpaired) electrons. The summed E-state index contributed by atoms with van der Waals surface area (Å²) in [5, 5.41) is 8.14. The highest BCUT2D eigenvalue weighted by Crippen LogP contribution is 2.12. The standard InChI is InChI=1S/C8H8ClN3O2S/c1-15(13,14)5-8-11-10-7-3-2-6(9)4-12(7)8/h2-4H,5H2,1H3. The molecule has 0 saturated heterocycles. The summed E-state index contributed by atoms with van der Waals surface area (Å²) in [4.78, 5) is 0. The Morgan fingerprint density at radius 3 is 2.80 bits per heavy atom. The average molecular weight is 246 g/mol. The van der Waals surface area contributed by atoms with E-state index in [2.05, 4.69) is 10.2 Å². The fraction of sp³-hybridized carbons (Fsp3) is 0.250. The smallest absolute Gasteiger partial charge is 0.160 e. The van der Waals surface area contributed by atoms with Crippen molar-refractivity contribution >= 4 is 27.1 Å². The number of pyridine rings is 1. The number of hydrogen-bond acceptors (Lipinski definition) is 4. The SMILES string of the molecule is CS(=O)(=O)Cc1nnc2ccc(Cl)cn12. The van der Waals surface area contributed by atoms with Crippen molar-refractivity contribution in [1.29, 1.82) is 0 Å². The molecule has 0 N–H and O–H groups in total. The molecule has 0 bridgehead atoms. The summed E-state index contributed by atoms with van der Waals surface area (Å²) in [6.07, 6.45) is 2.75. The van der Waals surface area contributed by atoms with E-state index in [1.807, 2.05) is 0 Å². The van der Waals surface area contributed by atoms with Crippen molar-refractivity contribution in [1.82, 2.24) is 14.6 Å². The molecule has 2 heterocycles. The maximum atomic E-state index is 11.1. The topological polar surface area (TPSA) is 64.3 Å². The van der Waals surface area contributed by atoms with Crippen LogP contribution in [0, 0.1) is 0 Å². The zero-order valence-electron chi connectivity index (χ0n) is 7.88. The summed E-state index contributed by atoms with van der Waals surface area (Å²) in [7, 11) is -3.12. The Kier molecular flexibility index (Phi) is 2.40. The van der Waals surface area contributed by atoms with Crippen molar-refractivity contribution in [3.8, 4) is 0 Å². The van der Waals surface area contributed by atoms with Gasteiger partial charge in [0.1, 0.15) is 5.75 Å². The van der Waals surface area contributed by atoms with Gasteiger partial charge in [-0.15, -0.1) is 10.2 Å². The number of halogens is 1. The van der Waals surface area contributed by atoms with Crippen molar-refractivity contribution in [3.05, 3.63) is 29.2 Å². The van der Waals surface area contributed by atoms with Gasteiger partial charge >= 0.3 is 0 Å². The first kappa shape index (κ1) is 10.4. The molecular weight excluding hydrogens is 238 g/mol. The minimum atomic E-state index is -3.12. The van der Waals surface area contributed by atoms with Gasteiger partial charge in [0.2, 0.25) is 0 Å². The fourth-order valence-electron chi connectivity index (χ4n) is 1.25. The van der Waals surface area contributed by atoms with Crippen molar-refractivity contribution < 1.29 is 8.42 Å². The number of aromatic nitrogens is 3. The summed E-state index contributed by atoms with van der Waals surface area (Å²) in [5.41, 5.74) is 0.582. The van der Waals surface area contributed by atoms with Gasteiger partial charge in [-0.25, -0.2) is 8.42 Å². The summed E-state index contributed by atoms with van der Waals surface area (Å²) < 4.78 is 23.8. The number of fused-ring (bicyclic) bond motifs is 1. The zero-order chi connectivity index (χ0) is 11.1. The molecule has 80 valence electrons. The van der Waals surface area contributed by atoms with E-state index < -0.39 is 9.84 Å². The van der Waals surface area contributed by atoms with Crippen LogP contribution in [0.15, 0.2) is 18.3 Å². The van der Waals surface area contributed by atoms with Crippen LogP contribution < -0.4 is 0 Å². The molecule has 0 atom stereocenters. The number of hydrogen-bond donors (Lipinski definition) is 0. The Bertz CT molecular complexity index is 605. The Balaban J connectivity index is 2.57. The van der Waals surface area contributed by atoms with Gasteiger partial charge in [0, 0.05) is 12.5 Å². The van der Waals surface area contributed by atoms with E-state index >= 15 is 0 Å². The van der Waals surface area contributed by atoms with Crippen LogP contribution in [0.2, 0.25) is 5.02 Å². The Morgan fingerprint density at radius 2 is 2.13 bits per heavy atom. The molecule has 0 amide bonds. The molecule has 0 aliphatic heterocycles. The van der Waals surface area contributed by atoms with E-state index in [4.69, 9.17) is 11.6 Å². The highest BCUT2D eigenvalue weighted by molar-refractivity contribution is 7.89. The average Bonchev–Trinajstić information content (AvgIpc) is 2.46. The van der Waals surface area contributed by atoms with Crippen molar-refractivity contribution in [3.63, 3.8) is 0 Å². The molecule has 2 aromatic rings. The van der Waals surface area contributed by atoms with E-state index in [0.717, 1.165) is 6.26 Å². The molecule has 7 heteroatoms. The molecule has 0 aliphatic rings. The second kappa shape index (κ2) is 3.46. The van der Waals surface area contributed by atoms with Gasteiger partial charge in [0.05, 0.1) is 5.02 Å². The lowest BCUT2D eigenvalue weighted by Gasteiger charge is -1.98. The summed E-state index contributed by atoms with van der Waals surface area (Å²) in [5.74, 6) is 0.226. The fourth-order valence-corrected chi connectivity index (χ4v) is 2.07. The second-order valence-corrected chi connectivity index (χ2v) is 5.84. The van der Waals surface area contributed by atoms with Crippen LogP contribution in [0.4, 0.5) is 0 Å². The molecule has 2 rings (SSSR count). The van der Waals surface area contributed by atoms with Gasteiger partial charge in [-0.2, -0.15) is 0 Å². The van der Waals surface area contributed by atoms with Crippen LogP contribution in [-0.4, -0.2) is 29.3 Å². The number of nitrogens with zero attached hydrogens (tertiary/aromatic N) is 3. The third kappa shape index (κ3) is 2.27. The second-order valence-electron chi connectivity index (χ2n) is 3.26. The molecule has 0 spiro atoms. The third-order valence-corrected chi connectivity index (χ3v) is 2.83. The van der Waals surface area contributed by atoms with Gasteiger partial charge in [-0.1, -0.05) is 11.6 Å². The number of rotatable bonds is 2. The molecule has 0 aromatic carbocycles. The highest BCUT2D eigenvalue weighted by atomic mass is 35.5. The Hall–Kier alpha value is -1.14. The summed E-state index contributed by atoms with van der Waals surface area (Å²) >= 11 is 5.79. The lowest BCUT2D eigenvalue weighted by atomic mass is 10.5. The lowest BCUT2D eigenvalue weighted by Crippen LogP contribution is -2.04. The van der Waals surface area contributed by atoms with Gasteiger partial charge in [-0.05, 0) is 12.1 Å². The predicted molar refractivity (Wildman–Crippen MR) is 56.5 cm³/mol. The Labute approximate surface area is 91.6 Å². The van der Waals surface area contributed by atoms with Gasteiger partial charge in [0.15, 0.2) is 21.3 Å². The zero-order valence-corrected chi connectivity index (χ0v) is 9.46. The van der Waals surface area contributed by atoms with Crippen LogP contribution in [-0.2, 0) is 15.6 Å². The third-order valence-electron chi connectivity index (χ3n) is 1.83. The monoisotopic (exact) mass is 245 g/mol. The summed E-state index contributed by atoms with van der Waals surface area (Å²) in [6, 6.07) is 3.36. The van der Waals surface area contributed by atoms with Crippen LogP contribution in [0.25, 0.3) is 5.65 Å². The van der Waals surface area contributed by atoms with E-state index in [0.29, 0.717) is 16.5 Å². The van der Waals surface area contributed by atoms with Crippen LogP contribution in [0.1, 0.15) is 5.82 Å². The lowest BCUT2D eigenvalue weighted by molar-refractivity contribution is 0.599. The molecule has 0 aliphatic carbocycles. The largest absolute Gasteiger partial charge is 0.284 e. The van der Waals surface area contributed by atoms with Gasteiger partial charge < -0.3 is 0 Å². The van der Waals surface area contributed by atoms with E-state index in [1.165, 1.54) is 0 Å².